The van der Waals surface area contributed by atoms with Crippen molar-refractivity contribution in [2.75, 3.05) is 25.1 Å². The summed E-state index contributed by atoms with van der Waals surface area (Å²) in [7, 11) is 1.60. The van der Waals surface area contributed by atoms with Gasteiger partial charge in [0.05, 0.1) is 23.7 Å². The fourth-order valence-corrected chi connectivity index (χ4v) is 5.91. The molecule has 2 amide bonds. The van der Waals surface area contributed by atoms with Crippen molar-refractivity contribution in [2.24, 2.45) is 0 Å². The molecule has 0 saturated carbocycles. The van der Waals surface area contributed by atoms with Gasteiger partial charge < -0.3 is 19.0 Å². The minimum Gasteiger partial charge on any atom is -0.497 e. The minimum absolute atomic E-state index is 0.0584. The number of carbonyl (C=O) groups is 2. The summed E-state index contributed by atoms with van der Waals surface area (Å²) in [5.74, 6) is -0.175. The summed E-state index contributed by atoms with van der Waals surface area (Å²) >= 11 is 6.22. The maximum atomic E-state index is 14.5. The largest absolute Gasteiger partial charge is 0.497 e. The molecule has 8 heteroatoms. The van der Waals surface area contributed by atoms with Gasteiger partial charge in [0.15, 0.2) is 11.0 Å². The van der Waals surface area contributed by atoms with Crippen molar-refractivity contribution >= 4 is 40.1 Å². The summed E-state index contributed by atoms with van der Waals surface area (Å²) in [4.78, 5) is 45.8. The van der Waals surface area contributed by atoms with E-state index >= 15 is 0 Å². The number of methoxy groups -OCH3 is 1. The van der Waals surface area contributed by atoms with Gasteiger partial charge in [-0.1, -0.05) is 48.9 Å². The third-order valence-corrected chi connectivity index (χ3v) is 7.66. The van der Waals surface area contributed by atoms with Crippen LogP contribution in [0.4, 0.5) is 5.69 Å². The van der Waals surface area contributed by atoms with Crippen molar-refractivity contribution in [3.63, 3.8) is 0 Å². The van der Waals surface area contributed by atoms with Crippen LogP contribution in [0.1, 0.15) is 40.6 Å². The van der Waals surface area contributed by atoms with Gasteiger partial charge in [0.1, 0.15) is 11.3 Å². The van der Waals surface area contributed by atoms with Crippen LogP contribution in [0.25, 0.3) is 11.0 Å². The van der Waals surface area contributed by atoms with E-state index in [4.69, 9.17) is 20.8 Å². The number of halogens is 1. The Morgan fingerprint density at radius 1 is 0.974 bits per heavy atom. The van der Waals surface area contributed by atoms with Gasteiger partial charge in [0, 0.05) is 23.7 Å². The molecule has 38 heavy (non-hydrogen) atoms. The number of carbonyl (C=O) groups excluding carboxylic acids is 2. The fourth-order valence-electron chi connectivity index (χ4n) is 5.74. The van der Waals surface area contributed by atoms with Crippen LogP contribution < -0.4 is 15.1 Å². The second-order valence-electron chi connectivity index (χ2n) is 9.52. The van der Waals surface area contributed by atoms with Gasteiger partial charge in [-0.15, -0.1) is 0 Å². The Kier molecular flexibility index (Phi) is 5.76. The average Bonchev–Trinajstić information content (AvgIpc) is 3.33. The fraction of sp³-hybridized carbons (Fsp3) is 0.233. The summed E-state index contributed by atoms with van der Waals surface area (Å²) in [5.41, 5.74) is 0.525. The van der Waals surface area contributed by atoms with E-state index in [-0.39, 0.29) is 34.7 Å². The molecule has 3 heterocycles. The van der Waals surface area contributed by atoms with Gasteiger partial charge in [0.2, 0.25) is 5.76 Å². The summed E-state index contributed by atoms with van der Waals surface area (Å²) in [6, 6.07) is 19.6. The van der Waals surface area contributed by atoms with Crippen molar-refractivity contribution in [3.8, 4) is 5.75 Å². The van der Waals surface area contributed by atoms with Crippen LogP contribution in [0.3, 0.4) is 0 Å². The number of para-hydroxylation sites is 1. The first-order valence-electron chi connectivity index (χ1n) is 12.5. The molecule has 0 saturated heterocycles. The van der Waals surface area contributed by atoms with Crippen molar-refractivity contribution in [1.29, 1.82) is 0 Å². The van der Waals surface area contributed by atoms with Crippen molar-refractivity contribution in [2.45, 2.75) is 25.3 Å². The van der Waals surface area contributed by atoms with Crippen LogP contribution >= 0.6 is 11.6 Å². The molecule has 6 rings (SSSR count). The molecule has 0 fully saturated rings. The number of hydrogen-bond acceptors (Lipinski definition) is 5. The molecule has 0 radical (unpaired) electrons. The van der Waals surface area contributed by atoms with Crippen LogP contribution in [0.2, 0.25) is 5.02 Å². The highest BCUT2D eigenvalue weighted by atomic mass is 35.5. The maximum Gasteiger partial charge on any atom is 0.291 e. The van der Waals surface area contributed by atoms with E-state index in [0.717, 1.165) is 11.3 Å². The smallest absolute Gasteiger partial charge is 0.291 e. The SMILES string of the molecule is CCCN1C(=O)C2(c3ccccc31)c1c(oc3ccc(Cl)cc3c1=O)C(=O)N2CCc1ccc(OC)cc1. The predicted molar refractivity (Wildman–Crippen MR) is 145 cm³/mol. The topological polar surface area (TPSA) is 80.1 Å². The number of anilines is 1. The number of ether oxygens (including phenoxy) is 1. The van der Waals surface area contributed by atoms with Gasteiger partial charge in [-0.05, 0) is 54.8 Å². The van der Waals surface area contributed by atoms with Crippen molar-refractivity contribution in [3.05, 3.63) is 104 Å². The highest BCUT2D eigenvalue weighted by Crippen LogP contribution is 2.52. The molecular weight excluding hydrogens is 504 g/mol. The molecule has 7 nitrogen and oxygen atoms in total. The Morgan fingerprint density at radius 3 is 2.47 bits per heavy atom. The molecule has 4 aromatic rings. The molecule has 0 N–H and O–H groups in total. The molecule has 1 aromatic heterocycles. The normalized spacial score (nSPS) is 18.0. The van der Waals surface area contributed by atoms with E-state index in [1.165, 1.54) is 11.0 Å². The van der Waals surface area contributed by atoms with E-state index in [0.29, 0.717) is 35.7 Å². The van der Waals surface area contributed by atoms with E-state index in [9.17, 15) is 14.4 Å². The Morgan fingerprint density at radius 2 is 1.74 bits per heavy atom. The number of amides is 2. The quantitative estimate of drug-likeness (QED) is 0.345. The summed E-state index contributed by atoms with van der Waals surface area (Å²) < 4.78 is 11.3. The zero-order chi connectivity index (χ0) is 26.6. The zero-order valence-electron chi connectivity index (χ0n) is 21.0. The lowest BCUT2D eigenvalue weighted by Crippen LogP contribution is -2.54. The van der Waals surface area contributed by atoms with Crippen molar-refractivity contribution in [1.82, 2.24) is 4.90 Å². The predicted octanol–water partition coefficient (Wildman–Crippen LogP) is 5.15. The highest BCUT2D eigenvalue weighted by Gasteiger charge is 2.64. The second kappa shape index (κ2) is 9.03. The number of fused-ring (bicyclic) bond motifs is 5. The molecule has 1 spiro atoms. The highest BCUT2D eigenvalue weighted by molar-refractivity contribution is 6.31. The van der Waals surface area contributed by atoms with E-state index in [1.807, 2.05) is 55.5 Å². The molecule has 2 aliphatic heterocycles. The number of rotatable bonds is 6. The number of hydrogen-bond donors (Lipinski definition) is 0. The summed E-state index contributed by atoms with van der Waals surface area (Å²) in [5, 5.41) is 0.602. The number of benzene rings is 3. The van der Waals surface area contributed by atoms with E-state index < -0.39 is 16.9 Å². The van der Waals surface area contributed by atoms with E-state index in [1.54, 1.807) is 24.1 Å². The Bertz CT molecular complexity index is 1660. The summed E-state index contributed by atoms with van der Waals surface area (Å²) in [6.45, 7) is 2.64. The molecule has 0 bridgehead atoms. The monoisotopic (exact) mass is 528 g/mol. The Hall–Kier alpha value is -4.10. The first-order chi connectivity index (χ1) is 18.4. The standard InChI is InChI=1S/C30H25ClN2O5/c1-3-15-32-23-7-5-4-6-22(23)30(29(32)36)25-26(34)21-17-19(31)10-13-24(21)38-27(25)28(35)33(30)16-14-18-8-11-20(37-2)12-9-18/h4-13,17H,3,14-16H2,1-2H3. The van der Waals surface area contributed by atoms with Gasteiger partial charge in [-0.2, -0.15) is 0 Å². The molecule has 1 atom stereocenters. The van der Waals surface area contributed by atoms with Crippen LogP contribution in [0, 0.1) is 0 Å². The van der Waals surface area contributed by atoms with Crippen LogP contribution in [-0.2, 0) is 16.8 Å². The molecule has 3 aromatic carbocycles. The third kappa shape index (κ3) is 3.31. The molecule has 1 unspecified atom stereocenters. The third-order valence-electron chi connectivity index (χ3n) is 7.43. The van der Waals surface area contributed by atoms with E-state index in [2.05, 4.69) is 0 Å². The van der Waals surface area contributed by atoms with Crippen LogP contribution in [0.5, 0.6) is 5.75 Å². The minimum atomic E-state index is -1.62. The lowest BCUT2D eigenvalue weighted by atomic mass is 9.83. The molecular formula is C30H25ClN2O5. The lowest BCUT2D eigenvalue weighted by Gasteiger charge is -2.34. The van der Waals surface area contributed by atoms with Crippen LogP contribution in [0.15, 0.2) is 75.9 Å². The molecule has 2 aliphatic rings. The van der Waals surface area contributed by atoms with Gasteiger partial charge in [-0.3, -0.25) is 14.4 Å². The molecule has 0 aliphatic carbocycles. The lowest BCUT2D eigenvalue weighted by molar-refractivity contribution is -0.126. The first kappa shape index (κ1) is 24.2. The maximum absolute atomic E-state index is 14.5. The zero-order valence-corrected chi connectivity index (χ0v) is 21.7. The average molecular weight is 529 g/mol. The Labute approximate surface area is 224 Å². The summed E-state index contributed by atoms with van der Waals surface area (Å²) in [6.07, 6.45) is 1.18. The number of nitrogens with zero attached hydrogens (tertiary/aromatic N) is 2. The molecule has 192 valence electrons. The van der Waals surface area contributed by atoms with Crippen molar-refractivity contribution < 1.29 is 18.7 Å². The van der Waals surface area contributed by atoms with Crippen LogP contribution in [-0.4, -0.2) is 36.9 Å². The first-order valence-corrected chi connectivity index (χ1v) is 12.9. The van der Waals surface area contributed by atoms with Gasteiger partial charge in [0.25, 0.3) is 11.8 Å². The van der Waals surface area contributed by atoms with Gasteiger partial charge >= 0.3 is 0 Å². The van der Waals surface area contributed by atoms with Gasteiger partial charge in [-0.25, -0.2) is 0 Å². The Balaban J connectivity index is 1.59. The second-order valence-corrected chi connectivity index (χ2v) is 9.95.